The minimum Gasteiger partial charge on any atom is -0.338 e. The Bertz CT molecular complexity index is 618. The van der Waals surface area contributed by atoms with E-state index in [-0.39, 0.29) is 17.0 Å². The molecule has 138 valence electrons. The van der Waals surface area contributed by atoms with Crippen LogP contribution in [0.25, 0.3) is 0 Å². The lowest BCUT2D eigenvalue weighted by Gasteiger charge is -2.35. The van der Waals surface area contributed by atoms with Gasteiger partial charge >= 0.3 is 0 Å². The third-order valence-corrected chi connectivity index (χ3v) is 4.44. The minimum atomic E-state index is -0.434. The molecular formula is C19H30N4O2. The van der Waals surface area contributed by atoms with Crippen LogP contribution in [0.2, 0.25) is 0 Å². The summed E-state index contributed by atoms with van der Waals surface area (Å²) in [6.45, 7) is 15.2. The first kappa shape index (κ1) is 19.5. The van der Waals surface area contributed by atoms with Crippen LogP contribution in [-0.4, -0.2) is 59.2 Å². The van der Waals surface area contributed by atoms with Crippen molar-refractivity contribution < 1.29 is 9.59 Å². The van der Waals surface area contributed by atoms with E-state index in [0.717, 1.165) is 26.2 Å². The van der Waals surface area contributed by atoms with Crippen molar-refractivity contribution in [3.05, 3.63) is 18.0 Å². The normalized spacial score (nSPS) is 16.8. The van der Waals surface area contributed by atoms with Gasteiger partial charge in [-0.1, -0.05) is 41.5 Å². The Morgan fingerprint density at radius 2 is 1.44 bits per heavy atom. The molecule has 0 aromatic carbocycles. The summed E-state index contributed by atoms with van der Waals surface area (Å²) in [6.07, 6.45) is 3.23. The first-order chi connectivity index (χ1) is 11.5. The molecule has 6 heteroatoms. The highest BCUT2D eigenvalue weighted by Gasteiger charge is 2.27. The van der Waals surface area contributed by atoms with Crippen molar-refractivity contribution in [2.75, 3.05) is 37.6 Å². The van der Waals surface area contributed by atoms with Gasteiger partial charge in [-0.25, -0.2) is 9.97 Å². The van der Waals surface area contributed by atoms with Crippen LogP contribution < -0.4 is 4.90 Å². The molecule has 0 spiro atoms. The second kappa shape index (κ2) is 7.20. The molecule has 1 aliphatic rings. The van der Waals surface area contributed by atoms with Crippen LogP contribution >= 0.6 is 0 Å². The highest BCUT2D eigenvalue weighted by atomic mass is 16.1. The Morgan fingerprint density at radius 3 is 1.88 bits per heavy atom. The lowest BCUT2D eigenvalue weighted by atomic mass is 9.88. The summed E-state index contributed by atoms with van der Waals surface area (Å²) in [4.78, 5) is 37.4. The zero-order valence-corrected chi connectivity index (χ0v) is 16.3. The second-order valence-corrected chi connectivity index (χ2v) is 8.79. The molecular weight excluding hydrogens is 316 g/mol. The summed E-state index contributed by atoms with van der Waals surface area (Å²) in [5, 5.41) is 0. The van der Waals surface area contributed by atoms with E-state index in [1.807, 2.05) is 41.5 Å². The van der Waals surface area contributed by atoms with Crippen LogP contribution in [0.15, 0.2) is 12.4 Å². The van der Waals surface area contributed by atoms with Gasteiger partial charge in [0.1, 0.15) is 0 Å². The standard InChI is InChI=1S/C19H30N4O2/c1-18(2,3)15(24)13-22-7-9-23(10-8-22)17-20-11-14(12-21-17)16(25)19(4,5)6/h11-12H,7-10,13H2,1-6H3. The number of rotatable bonds is 4. The maximum absolute atomic E-state index is 12.2. The van der Waals surface area contributed by atoms with Crippen molar-refractivity contribution in [1.82, 2.24) is 14.9 Å². The summed E-state index contributed by atoms with van der Waals surface area (Å²) in [5.41, 5.74) is -0.183. The van der Waals surface area contributed by atoms with E-state index >= 15 is 0 Å². The third-order valence-electron chi connectivity index (χ3n) is 4.44. The molecule has 25 heavy (non-hydrogen) atoms. The molecule has 0 bridgehead atoms. The maximum atomic E-state index is 12.2. The molecule has 0 atom stereocenters. The number of anilines is 1. The van der Waals surface area contributed by atoms with Crippen molar-refractivity contribution in [3.8, 4) is 0 Å². The highest BCUT2D eigenvalue weighted by molar-refractivity contribution is 5.99. The van der Waals surface area contributed by atoms with Gasteiger partial charge in [-0.05, 0) is 0 Å². The largest absolute Gasteiger partial charge is 0.338 e. The topological polar surface area (TPSA) is 66.4 Å². The van der Waals surface area contributed by atoms with E-state index in [1.165, 1.54) is 0 Å². The van der Waals surface area contributed by atoms with Gasteiger partial charge in [0.05, 0.1) is 12.1 Å². The van der Waals surface area contributed by atoms with E-state index in [2.05, 4.69) is 19.8 Å². The van der Waals surface area contributed by atoms with Crippen molar-refractivity contribution in [1.29, 1.82) is 0 Å². The molecule has 6 nitrogen and oxygen atoms in total. The number of hydrogen-bond donors (Lipinski definition) is 0. The number of ketones is 2. The fraction of sp³-hybridized carbons (Fsp3) is 0.684. The molecule has 0 unspecified atom stereocenters. The zero-order chi connectivity index (χ0) is 18.8. The first-order valence-electron chi connectivity index (χ1n) is 8.86. The number of carbonyl (C=O) groups excluding carboxylic acids is 2. The molecule has 0 N–H and O–H groups in total. The van der Waals surface area contributed by atoms with Gasteiger partial charge in [0.25, 0.3) is 0 Å². The van der Waals surface area contributed by atoms with E-state index in [0.29, 0.717) is 18.1 Å². The quantitative estimate of drug-likeness (QED) is 0.780. The van der Waals surface area contributed by atoms with Crippen LogP contribution in [0.1, 0.15) is 51.9 Å². The number of carbonyl (C=O) groups is 2. The molecule has 1 aliphatic heterocycles. The van der Waals surface area contributed by atoms with Crippen LogP contribution in [0.5, 0.6) is 0 Å². The van der Waals surface area contributed by atoms with Gasteiger partial charge in [0, 0.05) is 49.4 Å². The minimum absolute atomic E-state index is 0.0459. The third kappa shape index (κ3) is 5.08. The number of piperazine rings is 1. The van der Waals surface area contributed by atoms with Gasteiger partial charge in [-0.2, -0.15) is 0 Å². The Kier molecular flexibility index (Phi) is 5.62. The fourth-order valence-corrected chi connectivity index (χ4v) is 2.58. The molecule has 2 heterocycles. The predicted octanol–water partition coefficient (Wildman–Crippen LogP) is 2.44. The van der Waals surface area contributed by atoms with E-state index in [1.54, 1.807) is 12.4 Å². The lowest BCUT2D eigenvalue weighted by Crippen LogP contribution is -2.49. The van der Waals surface area contributed by atoms with E-state index in [4.69, 9.17) is 0 Å². The van der Waals surface area contributed by atoms with Gasteiger partial charge in [0.15, 0.2) is 11.6 Å². The molecule has 1 fully saturated rings. The monoisotopic (exact) mass is 346 g/mol. The first-order valence-corrected chi connectivity index (χ1v) is 8.86. The van der Waals surface area contributed by atoms with Crippen LogP contribution in [0.3, 0.4) is 0 Å². The zero-order valence-electron chi connectivity index (χ0n) is 16.3. The van der Waals surface area contributed by atoms with E-state index < -0.39 is 5.41 Å². The Labute approximate surface area is 150 Å². The van der Waals surface area contributed by atoms with Gasteiger partial charge < -0.3 is 4.90 Å². The summed E-state index contributed by atoms with van der Waals surface area (Å²) in [5.74, 6) is 0.957. The summed E-state index contributed by atoms with van der Waals surface area (Å²) in [6, 6.07) is 0. The van der Waals surface area contributed by atoms with Crippen LogP contribution in [0, 0.1) is 10.8 Å². The average Bonchev–Trinajstić information content (AvgIpc) is 2.53. The van der Waals surface area contributed by atoms with E-state index in [9.17, 15) is 9.59 Å². The Morgan fingerprint density at radius 1 is 0.920 bits per heavy atom. The van der Waals surface area contributed by atoms with Gasteiger partial charge in [0.2, 0.25) is 5.95 Å². The molecule has 2 rings (SSSR count). The Balaban J connectivity index is 1.93. The maximum Gasteiger partial charge on any atom is 0.225 e. The number of nitrogens with zero attached hydrogens (tertiary/aromatic N) is 4. The van der Waals surface area contributed by atoms with Crippen molar-refractivity contribution in [2.24, 2.45) is 10.8 Å². The Hall–Kier alpha value is -1.82. The van der Waals surface area contributed by atoms with Crippen molar-refractivity contribution in [3.63, 3.8) is 0 Å². The number of aromatic nitrogens is 2. The SMILES string of the molecule is CC(C)(C)C(=O)CN1CCN(c2ncc(C(=O)C(C)(C)C)cn2)CC1. The molecule has 0 radical (unpaired) electrons. The van der Waals surface area contributed by atoms with Gasteiger partial charge in [-0.15, -0.1) is 0 Å². The molecule has 0 saturated carbocycles. The summed E-state index contributed by atoms with van der Waals surface area (Å²) < 4.78 is 0. The predicted molar refractivity (Wildman–Crippen MR) is 98.9 cm³/mol. The summed E-state index contributed by atoms with van der Waals surface area (Å²) >= 11 is 0. The molecule has 0 aliphatic carbocycles. The average molecular weight is 346 g/mol. The van der Waals surface area contributed by atoms with Crippen LogP contribution in [0.4, 0.5) is 5.95 Å². The fourth-order valence-electron chi connectivity index (χ4n) is 2.58. The smallest absolute Gasteiger partial charge is 0.225 e. The van der Waals surface area contributed by atoms with Crippen molar-refractivity contribution >= 4 is 17.5 Å². The van der Waals surface area contributed by atoms with Gasteiger partial charge in [-0.3, -0.25) is 14.5 Å². The molecule has 1 aromatic heterocycles. The van der Waals surface area contributed by atoms with Crippen molar-refractivity contribution in [2.45, 2.75) is 41.5 Å². The number of Topliss-reactive ketones (excluding diaryl/α,β-unsaturated/α-hetero) is 2. The molecule has 1 saturated heterocycles. The lowest BCUT2D eigenvalue weighted by molar-refractivity contribution is -0.127. The van der Waals surface area contributed by atoms with Crippen LogP contribution in [-0.2, 0) is 4.79 Å². The molecule has 0 amide bonds. The second-order valence-electron chi connectivity index (χ2n) is 8.79. The highest BCUT2D eigenvalue weighted by Crippen LogP contribution is 2.21. The molecule has 1 aromatic rings. The summed E-state index contributed by atoms with van der Waals surface area (Å²) in [7, 11) is 0. The number of hydrogen-bond acceptors (Lipinski definition) is 6.